The van der Waals surface area contributed by atoms with Crippen molar-refractivity contribution in [3.05, 3.63) is 22.7 Å². The molecular weight excluding hydrogens is 320 g/mol. The lowest BCUT2D eigenvalue weighted by Gasteiger charge is -2.26. The van der Waals surface area contributed by atoms with Crippen LogP contribution in [-0.4, -0.2) is 32.4 Å². The molecule has 1 aromatic carbocycles. The molecule has 0 saturated heterocycles. The molecule has 0 radical (unpaired) electrons. The molecule has 1 aromatic rings. The Hall–Kier alpha value is -1.08. The lowest BCUT2D eigenvalue weighted by atomic mass is 10.1. The summed E-state index contributed by atoms with van der Waals surface area (Å²) in [6.07, 6.45) is 1.43. The van der Waals surface area contributed by atoms with Gasteiger partial charge in [-0.25, -0.2) is 8.42 Å². The zero-order chi connectivity index (χ0) is 13.3. The van der Waals surface area contributed by atoms with Crippen LogP contribution in [0.5, 0.6) is 0 Å². The number of fused-ring (bicyclic) bond motifs is 1. The summed E-state index contributed by atoms with van der Waals surface area (Å²) in [7, 11) is -3.06. The van der Waals surface area contributed by atoms with Gasteiger partial charge in [-0.3, -0.25) is 4.79 Å². The van der Waals surface area contributed by atoms with Crippen LogP contribution in [-0.2, 0) is 14.6 Å². The SMILES string of the molecule is CS(=O)(=O)CCC1Nc2ccc(Br)cc2NC1=O. The number of amides is 1. The Bertz CT molecular complexity index is 586. The molecule has 18 heavy (non-hydrogen) atoms. The number of carbonyl (C=O) groups excluding carboxylic acids is 1. The smallest absolute Gasteiger partial charge is 0.246 e. The van der Waals surface area contributed by atoms with E-state index < -0.39 is 15.9 Å². The average molecular weight is 333 g/mol. The molecule has 1 amide bonds. The van der Waals surface area contributed by atoms with Crippen LogP contribution in [0.25, 0.3) is 0 Å². The fraction of sp³-hybridized carbons (Fsp3) is 0.364. The quantitative estimate of drug-likeness (QED) is 0.881. The van der Waals surface area contributed by atoms with Crippen LogP contribution < -0.4 is 10.6 Å². The molecular formula is C11H13BrN2O3S. The summed E-state index contributed by atoms with van der Waals surface area (Å²) in [5, 5.41) is 5.81. The lowest BCUT2D eigenvalue weighted by molar-refractivity contribution is -0.117. The van der Waals surface area contributed by atoms with E-state index in [0.717, 1.165) is 10.2 Å². The second-order valence-electron chi connectivity index (χ2n) is 4.29. The van der Waals surface area contributed by atoms with Crippen LogP contribution in [0, 0.1) is 0 Å². The molecule has 2 N–H and O–H groups in total. The van der Waals surface area contributed by atoms with Crippen LogP contribution in [0.4, 0.5) is 11.4 Å². The molecule has 1 aliphatic rings. The van der Waals surface area contributed by atoms with Crippen LogP contribution in [0.1, 0.15) is 6.42 Å². The Balaban J connectivity index is 2.13. The number of halogens is 1. The molecule has 0 bridgehead atoms. The molecule has 98 valence electrons. The van der Waals surface area contributed by atoms with Crippen molar-refractivity contribution in [3.63, 3.8) is 0 Å². The van der Waals surface area contributed by atoms with Crippen LogP contribution in [0.2, 0.25) is 0 Å². The fourth-order valence-electron chi connectivity index (χ4n) is 1.75. The van der Waals surface area contributed by atoms with Crippen LogP contribution >= 0.6 is 15.9 Å². The maximum absolute atomic E-state index is 11.8. The summed E-state index contributed by atoms with van der Waals surface area (Å²) < 4.78 is 23.1. The fourth-order valence-corrected chi connectivity index (χ4v) is 2.78. The van der Waals surface area contributed by atoms with Crippen molar-refractivity contribution in [3.8, 4) is 0 Å². The second kappa shape index (κ2) is 4.89. The van der Waals surface area contributed by atoms with Gasteiger partial charge in [-0.2, -0.15) is 0 Å². The third-order valence-electron chi connectivity index (χ3n) is 2.66. The summed E-state index contributed by atoms with van der Waals surface area (Å²) >= 11 is 3.32. The maximum Gasteiger partial charge on any atom is 0.246 e. The zero-order valence-corrected chi connectivity index (χ0v) is 12.1. The van der Waals surface area contributed by atoms with Gasteiger partial charge in [0.2, 0.25) is 5.91 Å². The minimum absolute atomic E-state index is 0.00997. The highest BCUT2D eigenvalue weighted by atomic mass is 79.9. The Morgan fingerprint density at radius 3 is 2.72 bits per heavy atom. The minimum atomic E-state index is -3.06. The number of benzene rings is 1. The van der Waals surface area contributed by atoms with Gasteiger partial charge in [0, 0.05) is 10.7 Å². The Morgan fingerprint density at radius 2 is 2.06 bits per heavy atom. The molecule has 7 heteroatoms. The van der Waals surface area contributed by atoms with E-state index in [1.54, 1.807) is 6.07 Å². The molecule has 5 nitrogen and oxygen atoms in total. The van der Waals surface area contributed by atoms with Crippen molar-refractivity contribution in [2.24, 2.45) is 0 Å². The Labute approximate surface area is 114 Å². The van der Waals surface area contributed by atoms with E-state index in [4.69, 9.17) is 0 Å². The maximum atomic E-state index is 11.8. The molecule has 1 heterocycles. The first kappa shape index (κ1) is 13.4. The van der Waals surface area contributed by atoms with Crippen LogP contribution in [0.3, 0.4) is 0 Å². The van der Waals surface area contributed by atoms with Gasteiger partial charge in [0.1, 0.15) is 15.9 Å². The van der Waals surface area contributed by atoms with Gasteiger partial charge < -0.3 is 10.6 Å². The molecule has 1 unspecified atom stereocenters. The topological polar surface area (TPSA) is 75.3 Å². The van der Waals surface area contributed by atoms with Gasteiger partial charge in [-0.1, -0.05) is 15.9 Å². The van der Waals surface area contributed by atoms with Crippen molar-refractivity contribution in [1.82, 2.24) is 0 Å². The molecule has 0 aliphatic carbocycles. The number of hydrogen-bond acceptors (Lipinski definition) is 4. The molecule has 2 rings (SSSR count). The molecule has 0 saturated carbocycles. The van der Waals surface area contributed by atoms with Crippen molar-refractivity contribution in [2.75, 3.05) is 22.6 Å². The summed E-state index contributed by atoms with van der Waals surface area (Å²) in [5.74, 6) is -0.214. The second-order valence-corrected chi connectivity index (χ2v) is 7.47. The first-order valence-electron chi connectivity index (χ1n) is 5.40. The summed E-state index contributed by atoms with van der Waals surface area (Å²) in [6.45, 7) is 0. The number of sulfone groups is 1. The predicted octanol–water partition coefficient (Wildman–Crippen LogP) is 1.62. The average Bonchev–Trinajstić information content (AvgIpc) is 2.25. The number of hydrogen-bond donors (Lipinski definition) is 2. The normalized spacial score (nSPS) is 18.8. The standard InChI is InChI=1S/C11H13BrN2O3S/c1-18(16,17)5-4-9-11(15)14-10-6-7(12)2-3-8(10)13-9/h2-3,6,9,13H,4-5H2,1H3,(H,14,15). The van der Waals surface area contributed by atoms with Crippen molar-refractivity contribution < 1.29 is 13.2 Å². The van der Waals surface area contributed by atoms with Crippen LogP contribution in [0.15, 0.2) is 22.7 Å². The first-order chi connectivity index (χ1) is 8.35. The minimum Gasteiger partial charge on any atom is -0.372 e. The van der Waals surface area contributed by atoms with E-state index in [9.17, 15) is 13.2 Å². The van der Waals surface area contributed by atoms with Gasteiger partial charge in [0.15, 0.2) is 0 Å². The third-order valence-corrected chi connectivity index (χ3v) is 4.13. The van der Waals surface area contributed by atoms with Gasteiger partial charge in [-0.15, -0.1) is 0 Å². The lowest BCUT2D eigenvalue weighted by Crippen LogP contribution is -2.39. The highest BCUT2D eigenvalue weighted by Gasteiger charge is 2.26. The number of anilines is 2. The summed E-state index contributed by atoms with van der Waals surface area (Å²) in [5.41, 5.74) is 1.50. The highest BCUT2D eigenvalue weighted by Crippen LogP contribution is 2.30. The molecule has 1 atom stereocenters. The van der Waals surface area contributed by atoms with Crippen molar-refractivity contribution in [1.29, 1.82) is 0 Å². The molecule has 0 fully saturated rings. The van der Waals surface area contributed by atoms with E-state index in [-0.39, 0.29) is 18.1 Å². The molecule has 0 aromatic heterocycles. The monoisotopic (exact) mass is 332 g/mol. The first-order valence-corrected chi connectivity index (χ1v) is 8.25. The summed E-state index contributed by atoms with van der Waals surface area (Å²) in [4.78, 5) is 11.8. The van der Waals surface area contributed by atoms with Gasteiger partial charge in [0.25, 0.3) is 0 Å². The van der Waals surface area contributed by atoms with Crippen molar-refractivity contribution in [2.45, 2.75) is 12.5 Å². The largest absolute Gasteiger partial charge is 0.372 e. The van der Waals surface area contributed by atoms with E-state index >= 15 is 0 Å². The van der Waals surface area contributed by atoms with E-state index in [1.807, 2.05) is 12.1 Å². The van der Waals surface area contributed by atoms with Gasteiger partial charge >= 0.3 is 0 Å². The highest BCUT2D eigenvalue weighted by molar-refractivity contribution is 9.10. The van der Waals surface area contributed by atoms with E-state index in [0.29, 0.717) is 5.69 Å². The van der Waals surface area contributed by atoms with Crippen molar-refractivity contribution >= 4 is 43.0 Å². The molecule has 0 spiro atoms. The third kappa shape index (κ3) is 3.23. The summed E-state index contributed by atoms with van der Waals surface area (Å²) in [6, 6.07) is 4.99. The number of rotatable bonds is 3. The zero-order valence-electron chi connectivity index (χ0n) is 9.73. The van der Waals surface area contributed by atoms with E-state index in [2.05, 4.69) is 26.6 Å². The van der Waals surface area contributed by atoms with Gasteiger partial charge in [0.05, 0.1) is 17.1 Å². The van der Waals surface area contributed by atoms with Gasteiger partial charge in [-0.05, 0) is 24.6 Å². The predicted molar refractivity (Wildman–Crippen MR) is 74.5 cm³/mol. The molecule has 1 aliphatic heterocycles. The van der Waals surface area contributed by atoms with E-state index in [1.165, 1.54) is 6.26 Å². The number of carbonyl (C=O) groups is 1. The Kier molecular flexibility index (Phi) is 3.63. The number of nitrogens with one attached hydrogen (secondary N) is 2. The Morgan fingerprint density at radius 1 is 1.33 bits per heavy atom.